The smallest absolute Gasteiger partial charge is 0.152 e. The molecule has 0 aliphatic rings. The first kappa shape index (κ1) is 12.8. The van der Waals surface area contributed by atoms with Crippen molar-refractivity contribution in [1.82, 2.24) is 4.98 Å². The van der Waals surface area contributed by atoms with Crippen LogP contribution in [0.5, 0.6) is 5.75 Å². The topological polar surface area (TPSA) is 22.1 Å². The Hall–Kier alpha value is -0.620. The third kappa shape index (κ3) is 3.42. The molecule has 1 aromatic carbocycles. The van der Waals surface area contributed by atoms with Crippen molar-refractivity contribution in [3.05, 3.63) is 55.8 Å². The summed E-state index contributed by atoms with van der Waals surface area (Å²) in [6, 6.07) is 12.1. The van der Waals surface area contributed by atoms with Gasteiger partial charge in [0.1, 0.15) is 14.9 Å². The fraction of sp³-hybridized carbons (Fsp3) is 0.154. The third-order valence-corrected chi connectivity index (χ3v) is 3.89. The Morgan fingerprint density at radius 1 is 1.29 bits per heavy atom. The Labute approximate surface area is 123 Å². The number of hydrogen-bond acceptors (Lipinski definition) is 2. The van der Waals surface area contributed by atoms with Crippen LogP contribution in [0, 0.1) is 10.6 Å². The molecule has 2 aromatic rings. The van der Waals surface area contributed by atoms with Crippen LogP contribution in [0.1, 0.15) is 11.1 Å². The summed E-state index contributed by atoms with van der Waals surface area (Å²) in [7, 11) is 0. The van der Waals surface area contributed by atoms with Crippen LogP contribution in [0.2, 0.25) is 0 Å². The molecular weight excluding hydrogens is 393 g/mol. The quantitative estimate of drug-likeness (QED) is 0.561. The largest absolute Gasteiger partial charge is 0.486 e. The summed E-state index contributed by atoms with van der Waals surface area (Å²) in [5.74, 6) is 0.829. The average Bonchev–Trinajstić information content (AvgIpc) is 2.33. The van der Waals surface area contributed by atoms with Gasteiger partial charge in [0.2, 0.25) is 0 Å². The number of rotatable bonds is 3. The van der Waals surface area contributed by atoms with E-state index in [4.69, 9.17) is 4.74 Å². The van der Waals surface area contributed by atoms with E-state index < -0.39 is 0 Å². The van der Waals surface area contributed by atoms with Crippen molar-refractivity contribution in [3.63, 3.8) is 0 Å². The van der Waals surface area contributed by atoms with Crippen LogP contribution in [-0.2, 0) is 6.61 Å². The summed E-state index contributed by atoms with van der Waals surface area (Å²) in [6.07, 6.45) is 0. The van der Waals surface area contributed by atoms with E-state index in [9.17, 15) is 0 Å². The second kappa shape index (κ2) is 5.82. The molecule has 1 aromatic heterocycles. The van der Waals surface area contributed by atoms with Crippen molar-refractivity contribution >= 4 is 38.5 Å². The van der Waals surface area contributed by atoms with E-state index in [1.54, 1.807) is 0 Å². The molecule has 0 bridgehead atoms. The highest BCUT2D eigenvalue weighted by Gasteiger charge is 2.06. The third-order valence-electron chi connectivity index (χ3n) is 2.31. The van der Waals surface area contributed by atoms with Crippen LogP contribution >= 0.6 is 38.5 Å². The summed E-state index contributed by atoms with van der Waals surface area (Å²) in [6.45, 7) is 2.57. The second-order valence-corrected chi connectivity index (χ2v) is 5.43. The summed E-state index contributed by atoms with van der Waals surface area (Å²) in [5.41, 5.74) is 2.23. The summed E-state index contributed by atoms with van der Waals surface area (Å²) >= 11 is 5.58. The van der Waals surface area contributed by atoms with Gasteiger partial charge in [-0.2, -0.15) is 0 Å². The normalized spacial score (nSPS) is 10.3. The van der Waals surface area contributed by atoms with E-state index in [-0.39, 0.29) is 0 Å². The zero-order valence-corrected chi connectivity index (χ0v) is 13.0. The molecule has 0 saturated carbocycles. The molecule has 2 nitrogen and oxygen atoms in total. The van der Waals surface area contributed by atoms with Crippen LogP contribution in [0.4, 0.5) is 0 Å². The fourth-order valence-electron chi connectivity index (χ4n) is 1.38. The number of aromatic nitrogens is 1. The van der Waals surface area contributed by atoms with Gasteiger partial charge in [-0.3, -0.25) is 0 Å². The fourth-order valence-corrected chi connectivity index (χ4v) is 2.56. The molecule has 0 fully saturated rings. The summed E-state index contributed by atoms with van der Waals surface area (Å²) < 4.78 is 7.51. The Kier molecular flexibility index (Phi) is 4.39. The highest BCUT2D eigenvalue weighted by Crippen LogP contribution is 2.25. The lowest BCUT2D eigenvalue weighted by molar-refractivity contribution is 0.302. The zero-order valence-electron chi connectivity index (χ0n) is 9.28. The molecule has 4 heteroatoms. The van der Waals surface area contributed by atoms with Crippen LogP contribution in [0.25, 0.3) is 0 Å². The Bertz CT molecular complexity index is 516. The Balaban J connectivity index is 2.12. The van der Waals surface area contributed by atoms with Crippen LogP contribution < -0.4 is 4.74 Å². The molecule has 0 amide bonds. The molecule has 0 aliphatic heterocycles. The minimum absolute atomic E-state index is 0.569. The maximum Gasteiger partial charge on any atom is 0.152 e. The molecule has 0 atom stereocenters. The summed E-state index contributed by atoms with van der Waals surface area (Å²) in [5, 5.41) is 0. The standard InChI is InChI=1S/C13H11BrINO/c1-9-7-11(13(15)16-12(9)14)17-8-10-5-3-2-4-6-10/h2-7H,8H2,1H3. The maximum atomic E-state index is 5.77. The number of aryl methyl sites for hydroxylation is 1. The van der Waals surface area contributed by atoms with E-state index in [0.717, 1.165) is 25.2 Å². The van der Waals surface area contributed by atoms with Crippen LogP contribution in [0.15, 0.2) is 41.0 Å². The molecular formula is C13H11BrINO. The highest BCUT2D eigenvalue weighted by atomic mass is 127. The van der Waals surface area contributed by atoms with Gasteiger partial charge in [-0.15, -0.1) is 0 Å². The van der Waals surface area contributed by atoms with Gasteiger partial charge in [-0.1, -0.05) is 30.3 Å². The lowest BCUT2D eigenvalue weighted by Gasteiger charge is -2.09. The van der Waals surface area contributed by atoms with Crippen molar-refractivity contribution in [2.75, 3.05) is 0 Å². The zero-order chi connectivity index (χ0) is 12.3. The number of nitrogens with zero attached hydrogens (tertiary/aromatic N) is 1. The van der Waals surface area contributed by atoms with Crippen molar-refractivity contribution in [2.24, 2.45) is 0 Å². The van der Waals surface area contributed by atoms with Gasteiger partial charge < -0.3 is 4.74 Å². The molecule has 0 radical (unpaired) electrons. The van der Waals surface area contributed by atoms with Crippen LogP contribution in [-0.4, -0.2) is 4.98 Å². The predicted molar refractivity (Wildman–Crippen MR) is 80.2 cm³/mol. The van der Waals surface area contributed by atoms with Crippen molar-refractivity contribution in [3.8, 4) is 5.75 Å². The van der Waals surface area contributed by atoms with Gasteiger partial charge in [-0.25, -0.2) is 4.98 Å². The van der Waals surface area contributed by atoms with E-state index in [0.29, 0.717) is 6.61 Å². The van der Waals surface area contributed by atoms with E-state index in [1.807, 2.05) is 43.3 Å². The molecule has 0 aliphatic carbocycles. The minimum atomic E-state index is 0.569. The van der Waals surface area contributed by atoms with Crippen molar-refractivity contribution < 1.29 is 4.74 Å². The summed E-state index contributed by atoms with van der Waals surface area (Å²) in [4.78, 5) is 4.36. The molecule has 0 saturated heterocycles. The van der Waals surface area contributed by atoms with Gasteiger partial charge in [0, 0.05) is 0 Å². The molecule has 88 valence electrons. The first-order chi connectivity index (χ1) is 8.16. The Morgan fingerprint density at radius 3 is 2.71 bits per heavy atom. The average molecular weight is 404 g/mol. The monoisotopic (exact) mass is 403 g/mol. The number of benzene rings is 1. The lowest BCUT2D eigenvalue weighted by Crippen LogP contribution is -1.99. The van der Waals surface area contributed by atoms with Gasteiger partial charge in [0.05, 0.1) is 0 Å². The van der Waals surface area contributed by atoms with E-state index in [1.165, 1.54) is 0 Å². The molecule has 1 heterocycles. The molecule has 0 unspecified atom stereocenters. The van der Waals surface area contributed by atoms with Gasteiger partial charge in [0.25, 0.3) is 0 Å². The predicted octanol–water partition coefficient (Wildman–Crippen LogP) is 4.34. The highest BCUT2D eigenvalue weighted by molar-refractivity contribution is 14.1. The van der Waals surface area contributed by atoms with Gasteiger partial charge in [-0.05, 0) is 62.6 Å². The maximum absolute atomic E-state index is 5.77. The van der Waals surface area contributed by atoms with Crippen molar-refractivity contribution in [2.45, 2.75) is 13.5 Å². The lowest BCUT2D eigenvalue weighted by atomic mass is 10.2. The van der Waals surface area contributed by atoms with Crippen LogP contribution in [0.3, 0.4) is 0 Å². The number of pyridine rings is 1. The first-order valence-electron chi connectivity index (χ1n) is 5.16. The minimum Gasteiger partial charge on any atom is -0.486 e. The SMILES string of the molecule is Cc1cc(OCc2ccccc2)c(I)nc1Br. The number of hydrogen-bond donors (Lipinski definition) is 0. The molecule has 2 rings (SSSR count). The van der Waals surface area contributed by atoms with Gasteiger partial charge in [0.15, 0.2) is 5.75 Å². The van der Waals surface area contributed by atoms with E-state index in [2.05, 4.69) is 43.5 Å². The molecule has 0 spiro atoms. The number of halogens is 2. The first-order valence-corrected chi connectivity index (χ1v) is 7.03. The van der Waals surface area contributed by atoms with Gasteiger partial charge >= 0.3 is 0 Å². The molecule has 17 heavy (non-hydrogen) atoms. The Morgan fingerprint density at radius 2 is 2.00 bits per heavy atom. The molecule has 0 N–H and O–H groups in total. The van der Waals surface area contributed by atoms with Crippen molar-refractivity contribution in [1.29, 1.82) is 0 Å². The van der Waals surface area contributed by atoms with E-state index >= 15 is 0 Å². The number of ether oxygens (including phenoxy) is 1. The second-order valence-electron chi connectivity index (χ2n) is 3.66.